The molecular weight excluding hydrogens is 322 g/mol. The summed E-state index contributed by atoms with van der Waals surface area (Å²) in [6, 6.07) is 15.2. The molecule has 0 spiro atoms. The van der Waals surface area contributed by atoms with Gasteiger partial charge in [0.2, 0.25) is 0 Å². The van der Waals surface area contributed by atoms with E-state index in [9.17, 15) is 4.79 Å². The van der Waals surface area contributed by atoms with Crippen molar-refractivity contribution < 1.29 is 4.79 Å². The Morgan fingerprint density at radius 2 is 1.83 bits per heavy atom. The van der Waals surface area contributed by atoms with Gasteiger partial charge in [0.25, 0.3) is 5.91 Å². The first kappa shape index (κ1) is 16.3. The average Bonchev–Trinajstić information content (AvgIpc) is 2.96. The predicted molar refractivity (Wildman–Crippen MR) is 97.2 cm³/mol. The van der Waals surface area contributed by atoms with Crippen molar-refractivity contribution >= 4 is 23.2 Å². The number of para-hydroxylation sites is 1. The molecular formula is C19H18ClN3O. The van der Waals surface area contributed by atoms with Crippen molar-refractivity contribution in [2.24, 2.45) is 0 Å². The molecule has 1 heterocycles. The van der Waals surface area contributed by atoms with E-state index in [0.717, 1.165) is 22.6 Å². The second kappa shape index (κ2) is 6.49. The largest absolute Gasteiger partial charge is 0.311 e. The maximum atomic E-state index is 12.9. The lowest BCUT2D eigenvalue weighted by Gasteiger charge is -2.19. The van der Waals surface area contributed by atoms with Crippen LogP contribution >= 0.6 is 11.6 Å². The van der Waals surface area contributed by atoms with E-state index in [1.54, 1.807) is 28.9 Å². The van der Waals surface area contributed by atoms with Crippen molar-refractivity contribution in [1.29, 1.82) is 0 Å². The molecule has 1 amide bonds. The Kier molecular flexibility index (Phi) is 4.40. The molecule has 5 heteroatoms. The molecule has 0 fully saturated rings. The number of hydrogen-bond donors (Lipinski definition) is 0. The van der Waals surface area contributed by atoms with Gasteiger partial charge in [-0.1, -0.05) is 29.8 Å². The summed E-state index contributed by atoms with van der Waals surface area (Å²) in [5.41, 5.74) is 4.10. The Morgan fingerprint density at radius 1 is 1.12 bits per heavy atom. The standard InChI is InChI=1S/C19H18ClN3O/c1-13-11-15(20)9-10-18(13)22(3)19(24)17-12-21-23(14(17)2)16-7-5-4-6-8-16/h4-12H,1-3H3. The Balaban J connectivity index is 1.95. The van der Waals surface area contributed by atoms with Gasteiger partial charge >= 0.3 is 0 Å². The fourth-order valence-corrected chi connectivity index (χ4v) is 2.96. The van der Waals surface area contributed by atoms with Crippen LogP contribution in [0.3, 0.4) is 0 Å². The minimum absolute atomic E-state index is 0.0971. The van der Waals surface area contributed by atoms with Crippen molar-refractivity contribution in [3.8, 4) is 5.69 Å². The molecule has 0 aliphatic carbocycles. The lowest BCUT2D eigenvalue weighted by molar-refractivity contribution is 0.0992. The number of aryl methyl sites for hydroxylation is 1. The first-order chi connectivity index (χ1) is 11.5. The molecule has 0 radical (unpaired) electrons. The van der Waals surface area contributed by atoms with E-state index in [4.69, 9.17) is 11.6 Å². The third kappa shape index (κ3) is 2.93. The number of hydrogen-bond acceptors (Lipinski definition) is 2. The Labute approximate surface area is 146 Å². The third-order valence-electron chi connectivity index (χ3n) is 4.07. The van der Waals surface area contributed by atoms with Crippen LogP contribution in [0, 0.1) is 13.8 Å². The van der Waals surface area contributed by atoms with Gasteiger partial charge in [-0.2, -0.15) is 5.10 Å². The molecule has 0 N–H and O–H groups in total. The minimum atomic E-state index is -0.0971. The van der Waals surface area contributed by atoms with Crippen LogP contribution in [0.4, 0.5) is 5.69 Å². The van der Waals surface area contributed by atoms with Gasteiger partial charge in [0.15, 0.2) is 0 Å². The summed E-state index contributed by atoms with van der Waals surface area (Å²) in [7, 11) is 1.76. The quantitative estimate of drug-likeness (QED) is 0.708. The van der Waals surface area contributed by atoms with Crippen LogP contribution in [0.5, 0.6) is 0 Å². The maximum absolute atomic E-state index is 12.9. The Hall–Kier alpha value is -2.59. The van der Waals surface area contributed by atoms with E-state index in [0.29, 0.717) is 10.6 Å². The Morgan fingerprint density at radius 3 is 2.50 bits per heavy atom. The molecule has 4 nitrogen and oxygen atoms in total. The van der Waals surface area contributed by atoms with Crippen molar-refractivity contribution in [2.75, 3.05) is 11.9 Å². The molecule has 0 bridgehead atoms. The van der Waals surface area contributed by atoms with Gasteiger partial charge in [-0.25, -0.2) is 4.68 Å². The van der Waals surface area contributed by atoms with Gasteiger partial charge in [-0.05, 0) is 49.7 Å². The third-order valence-corrected chi connectivity index (χ3v) is 4.30. The van der Waals surface area contributed by atoms with Gasteiger partial charge in [-0.15, -0.1) is 0 Å². The van der Waals surface area contributed by atoms with Gasteiger partial charge in [0.1, 0.15) is 0 Å². The predicted octanol–water partition coefficient (Wildman–Crippen LogP) is 4.42. The molecule has 3 aromatic rings. The SMILES string of the molecule is Cc1cc(Cl)ccc1N(C)C(=O)c1cnn(-c2ccccc2)c1C. The molecule has 0 atom stereocenters. The lowest BCUT2D eigenvalue weighted by Crippen LogP contribution is -2.27. The molecule has 1 aromatic heterocycles. The Bertz CT molecular complexity index is 887. The highest BCUT2D eigenvalue weighted by Gasteiger charge is 2.20. The number of aromatic nitrogens is 2. The second-order valence-corrected chi connectivity index (χ2v) is 6.12. The molecule has 3 rings (SSSR count). The van der Waals surface area contributed by atoms with E-state index >= 15 is 0 Å². The molecule has 0 aliphatic heterocycles. The highest BCUT2D eigenvalue weighted by Crippen LogP contribution is 2.25. The van der Waals surface area contributed by atoms with Crippen LogP contribution in [0.1, 0.15) is 21.6 Å². The summed E-state index contributed by atoms with van der Waals surface area (Å²) in [5.74, 6) is -0.0971. The summed E-state index contributed by atoms with van der Waals surface area (Å²) in [6.07, 6.45) is 1.62. The molecule has 2 aromatic carbocycles. The van der Waals surface area contributed by atoms with Crippen LogP contribution in [0.25, 0.3) is 5.69 Å². The number of anilines is 1. The molecule has 0 saturated carbocycles. The van der Waals surface area contributed by atoms with Crippen molar-refractivity contribution in [2.45, 2.75) is 13.8 Å². The topological polar surface area (TPSA) is 38.1 Å². The number of amides is 1. The van der Waals surface area contributed by atoms with Crippen LogP contribution in [0.15, 0.2) is 54.7 Å². The first-order valence-electron chi connectivity index (χ1n) is 7.63. The number of rotatable bonds is 3. The smallest absolute Gasteiger partial charge is 0.261 e. The highest BCUT2D eigenvalue weighted by molar-refractivity contribution is 6.30. The number of halogens is 1. The van der Waals surface area contributed by atoms with Crippen LogP contribution in [0.2, 0.25) is 5.02 Å². The van der Waals surface area contributed by atoms with E-state index in [-0.39, 0.29) is 5.91 Å². The highest BCUT2D eigenvalue weighted by atomic mass is 35.5. The zero-order valence-electron chi connectivity index (χ0n) is 13.8. The van der Waals surface area contributed by atoms with Gasteiger partial charge < -0.3 is 4.90 Å². The summed E-state index contributed by atoms with van der Waals surface area (Å²) in [5, 5.41) is 5.03. The summed E-state index contributed by atoms with van der Waals surface area (Å²) < 4.78 is 1.77. The average molecular weight is 340 g/mol. The first-order valence-corrected chi connectivity index (χ1v) is 8.01. The van der Waals surface area contributed by atoms with Gasteiger partial charge in [0, 0.05) is 17.8 Å². The number of carbonyl (C=O) groups is 1. The molecule has 122 valence electrons. The van der Waals surface area contributed by atoms with E-state index < -0.39 is 0 Å². The zero-order valence-corrected chi connectivity index (χ0v) is 14.6. The summed E-state index contributed by atoms with van der Waals surface area (Å²) >= 11 is 6.00. The monoisotopic (exact) mass is 339 g/mol. The molecule has 0 aliphatic rings. The normalized spacial score (nSPS) is 10.7. The molecule has 0 unspecified atom stereocenters. The van der Waals surface area contributed by atoms with Crippen LogP contribution in [-0.2, 0) is 0 Å². The zero-order chi connectivity index (χ0) is 17.3. The number of benzene rings is 2. The number of nitrogens with zero attached hydrogens (tertiary/aromatic N) is 3. The van der Waals surface area contributed by atoms with E-state index in [1.807, 2.05) is 56.3 Å². The number of carbonyl (C=O) groups excluding carboxylic acids is 1. The maximum Gasteiger partial charge on any atom is 0.261 e. The molecule has 24 heavy (non-hydrogen) atoms. The molecule has 0 saturated heterocycles. The lowest BCUT2D eigenvalue weighted by atomic mass is 10.1. The minimum Gasteiger partial charge on any atom is -0.311 e. The second-order valence-electron chi connectivity index (χ2n) is 5.69. The van der Waals surface area contributed by atoms with Crippen molar-refractivity contribution in [3.63, 3.8) is 0 Å². The summed E-state index contributed by atoms with van der Waals surface area (Å²) in [6.45, 7) is 3.83. The van der Waals surface area contributed by atoms with Crippen molar-refractivity contribution in [1.82, 2.24) is 9.78 Å². The van der Waals surface area contributed by atoms with Gasteiger partial charge in [0.05, 0.1) is 23.1 Å². The fourth-order valence-electron chi connectivity index (χ4n) is 2.73. The van der Waals surface area contributed by atoms with Crippen LogP contribution < -0.4 is 4.90 Å². The van der Waals surface area contributed by atoms with Crippen molar-refractivity contribution in [3.05, 3.63) is 76.6 Å². The van der Waals surface area contributed by atoms with Gasteiger partial charge in [-0.3, -0.25) is 4.79 Å². The van der Waals surface area contributed by atoms with E-state index in [1.165, 1.54) is 0 Å². The van der Waals surface area contributed by atoms with Crippen LogP contribution in [-0.4, -0.2) is 22.7 Å². The fraction of sp³-hybridized carbons (Fsp3) is 0.158. The summed E-state index contributed by atoms with van der Waals surface area (Å²) in [4.78, 5) is 14.5. The van der Waals surface area contributed by atoms with E-state index in [2.05, 4.69) is 5.10 Å².